The highest BCUT2D eigenvalue weighted by atomic mass is 16.5. The highest BCUT2D eigenvalue weighted by Crippen LogP contribution is 2.27. The van der Waals surface area contributed by atoms with Gasteiger partial charge >= 0.3 is 0 Å². The Morgan fingerprint density at radius 1 is 1.05 bits per heavy atom. The second-order valence-corrected chi connectivity index (χ2v) is 5.44. The van der Waals surface area contributed by atoms with E-state index in [2.05, 4.69) is 31.2 Å². The standard InChI is InChI=1S/C19H25NO2/c1-4-22-17-7-5-15(6-8-17)12-16(13-20)19-10-9-18(21-3)11-14(19)2/h5-11,16H,4,12-13,20H2,1-3H3. The smallest absolute Gasteiger partial charge is 0.119 e. The highest BCUT2D eigenvalue weighted by molar-refractivity contribution is 5.38. The fourth-order valence-electron chi connectivity index (χ4n) is 2.73. The van der Waals surface area contributed by atoms with Gasteiger partial charge in [-0.25, -0.2) is 0 Å². The molecule has 0 saturated heterocycles. The molecule has 3 nitrogen and oxygen atoms in total. The van der Waals surface area contributed by atoms with E-state index in [0.717, 1.165) is 17.9 Å². The van der Waals surface area contributed by atoms with Crippen LogP contribution in [-0.4, -0.2) is 20.3 Å². The Bertz CT molecular complexity index is 593. The lowest BCUT2D eigenvalue weighted by Gasteiger charge is -2.18. The molecule has 118 valence electrons. The summed E-state index contributed by atoms with van der Waals surface area (Å²) in [5.41, 5.74) is 9.80. The van der Waals surface area contributed by atoms with Gasteiger partial charge in [0.2, 0.25) is 0 Å². The second kappa shape index (κ2) is 7.85. The lowest BCUT2D eigenvalue weighted by Crippen LogP contribution is -2.16. The van der Waals surface area contributed by atoms with Crippen LogP contribution < -0.4 is 15.2 Å². The van der Waals surface area contributed by atoms with E-state index in [9.17, 15) is 0 Å². The monoisotopic (exact) mass is 299 g/mol. The van der Waals surface area contributed by atoms with Crippen molar-refractivity contribution in [1.82, 2.24) is 0 Å². The summed E-state index contributed by atoms with van der Waals surface area (Å²) in [5, 5.41) is 0. The second-order valence-electron chi connectivity index (χ2n) is 5.44. The topological polar surface area (TPSA) is 44.5 Å². The van der Waals surface area contributed by atoms with Crippen molar-refractivity contribution in [1.29, 1.82) is 0 Å². The van der Waals surface area contributed by atoms with Crippen LogP contribution in [0.1, 0.15) is 29.5 Å². The molecular formula is C19H25NO2. The Kier molecular flexibility index (Phi) is 5.84. The van der Waals surface area contributed by atoms with Gasteiger partial charge in [0.15, 0.2) is 0 Å². The molecule has 2 aromatic rings. The summed E-state index contributed by atoms with van der Waals surface area (Å²) < 4.78 is 10.8. The van der Waals surface area contributed by atoms with Gasteiger partial charge in [-0.3, -0.25) is 0 Å². The van der Waals surface area contributed by atoms with Crippen molar-refractivity contribution in [3.63, 3.8) is 0 Å². The van der Waals surface area contributed by atoms with Gasteiger partial charge in [-0.05, 0) is 67.8 Å². The van der Waals surface area contributed by atoms with Crippen LogP contribution in [0.4, 0.5) is 0 Å². The van der Waals surface area contributed by atoms with Gasteiger partial charge in [0, 0.05) is 5.92 Å². The van der Waals surface area contributed by atoms with Gasteiger partial charge in [0.1, 0.15) is 11.5 Å². The molecule has 0 amide bonds. The van der Waals surface area contributed by atoms with Crippen molar-refractivity contribution < 1.29 is 9.47 Å². The zero-order valence-electron chi connectivity index (χ0n) is 13.6. The fourth-order valence-corrected chi connectivity index (χ4v) is 2.73. The van der Waals surface area contributed by atoms with Crippen molar-refractivity contribution >= 4 is 0 Å². The molecular weight excluding hydrogens is 274 g/mol. The van der Waals surface area contributed by atoms with Crippen molar-refractivity contribution in [3.8, 4) is 11.5 Å². The Hall–Kier alpha value is -2.00. The predicted octanol–water partition coefficient (Wildman–Crippen LogP) is 3.69. The van der Waals surface area contributed by atoms with E-state index >= 15 is 0 Å². The van der Waals surface area contributed by atoms with Crippen LogP contribution in [0.15, 0.2) is 42.5 Å². The normalized spacial score (nSPS) is 12.0. The quantitative estimate of drug-likeness (QED) is 0.848. The molecule has 0 heterocycles. The first kappa shape index (κ1) is 16.4. The van der Waals surface area contributed by atoms with Crippen molar-refractivity contribution in [2.24, 2.45) is 5.73 Å². The summed E-state index contributed by atoms with van der Waals surface area (Å²) >= 11 is 0. The molecule has 1 atom stereocenters. The van der Waals surface area contributed by atoms with Crippen LogP contribution in [0.2, 0.25) is 0 Å². The minimum absolute atomic E-state index is 0.309. The molecule has 0 saturated carbocycles. The molecule has 0 aliphatic rings. The van der Waals surface area contributed by atoms with Gasteiger partial charge in [-0.15, -0.1) is 0 Å². The van der Waals surface area contributed by atoms with Gasteiger partial charge in [0.25, 0.3) is 0 Å². The maximum Gasteiger partial charge on any atom is 0.119 e. The lowest BCUT2D eigenvalue weighted by molar-refractivity contribution is 0.340. The molecule has 0 fully saturated rings. The van der Waals surface area contributed by atoms with Crippen LogP contribution in [0, 0.1) is 6.92 Å². The van der Waals surface area contributed by atoms with E-state index in [4.69, 9.17) is 15.2 Å². The maximum absolute atomic E-state index is 6.01. The van der Waals surface area contributed by atoms with Crippen LogP contribution in [0.25, 0.3) is 0 Å². The van der Waals surface area contributed by atoms with Crippen LogP contribution in [0.5, 0.6) is 11.5 Å². The van der Waals surface area contributed by atoms with E-state index in [1.54, 1.807) is 7.11 Å². The molecule has 0 aliphatic heterocycles. The van der Waals surface area contributed by atoms with E-state index in [1.807, 2.05) is 25.1 Å². The zero-order valence-corrected chi connectivity index (χ0v) is 13.6. The molecule has 0 aromatic heterocycles. The Morgan fingerprint density at radius 3 is 2.27 bits per heavy atom. The van der Waals surface area contributed by atoms with E-state index in [-0.39, 0.29) is 0 Å². The minimum atomic E-state index is 0.309. The number of benzene rings is 2. The summed E-state index contributed by atoms with van der Waals surface area (Å²) in [4.78, 5) is 0. The Morgan fingerprint density at radius 2 is 1.73 bits per heavy atom. The Labute approximate surface area is 133 Å². The van der Waals surface area contributed by atoms with Crippen molar-refractivity contribution in [3.05, 3.63) is 59.2 Å². The van der Waals surface area contributed by atoms with Crippen molar-refractivity contribution in [2.45, 2.75) is 26.2 Å². The largest absolute Gasteiger partial charge is 0.497 e. The van der Waals surface area contributed by atoms with E-state index in [0.29, 0.717) is 19.1 Å². The maximum atomic E-state index is 6.01. The molecule has 2 rings (SSSR count). The highest BCUT2D eigenvalue weighted by Gasteiger charge is 2.14. The summed E-state index contributed by atoms with van der Waals surface area (Å²) in [6.45, 7) is 5.42. The molecule has 0 aliphatic carbocycles. The average molecular weight is 299 g/mol. The van der Waals surface area contributed by atoms with Gasteiger partial charge in [-0.2, -0.15) is 0 Å². The van der Waals surface area contributed by atoms with Crippen LogP contribution in [0.3, 0.4) is 0 Å². The first-order valence-electron chi connectivity index (χ1n) is 7.74. The predicted molar refractivity (Wildman–Crippen MR) is 90.8 cm³/mol. The van der Waals surface area contributed by atoms with E-state index < -0.39 is 0 Å². The molecule has 22 heavy (non-hydrogen) atoms. The van der Waals surface area contributed by atoms with Gasteiger partial charge in [-0.1, -0.05) is 18.2 Å². The summed E-state index contributed by atoms with van der Waals surface area (Å²) in [5.74, 6) is 2.11. The van der Waals surface area contributed by atoms with Gasteiger partial charge in [0.05, 0.1) is 13.7 Å². The Balaban J connectivity index is 2.14. The van der Waals surface area contributed by atoms with E-state index in [1.165, 1.54) is 16.7 Å². The fraction of sp³-hybridized carbons (Fsp3) is 0.368. The number of nitrogens with two attached hydrogens (primary N) is 1. The SMILES string of the molecule is CCOc1ccc(CC(CN)c2ccc(OC)cc2C)cc1. The minimum Gasteiger partial charge on any atom is -0.497 e. The third kappa shape index (κ3) is 4.01. The summed E-state index contributed by atoms with van der Waals surface area (Å²) in [7, 11) is 1.69. The number of hydrogen-bond donors (Lipinski definition) is 1. The molecule has 2 N–H and O–H groups in total. The third-order valence-electron chi connectivity index (χ3n) is 3.92. The summed E-state index contributed by atoms with van der Waals surface area (Å²) in [6.07, 6.45) is 0.927. The first-order chi connectivity index (χ1) is 10.7. The van der Waals surface area contributed by atoms with Gasteiger partial charge < -0.3 is 15.2 Å². The molecule has 0 radical (unpaired) electrons. The zero-order chi connectivity index (χ0) is 15.9. The number of methoxy groups -OCH3 is 1. The molecule has 0 bridgehead atoms. The molecule has 0 spiro atoms. The number of aryl methyl sites for hydroxylation is 1. The summed E-state index contributed by atoms with van der Waals surface area (Å²) in [6, 6.07) is 14.5. The number of ether oxygens (including phenoxy) is 2. The third-order valence-corrected chi connectivity index (χ3v) is 3.92. The van der Waals surface area contributed by atoms with Crippen LogP contribution >= 0.6 is 0 Å². The molecule has 1 unspecified atom stereocenters. The first-order valence-corrected chi connectivity index (χ1v) is 7.74. The molecule has 2 aromatic carbocycles. The number of hydrogen-bond acceptors (Lipinski definition) is 3. The average Bonchev–Trinajstić information content (AvgIpc) is 2.54. The number of rotatable bonds is 7. The lowest BCUT2D eigenvalue weighted by atomic mass is 9.89. The van der Waals surface area contributed by atoms with Crippen LogP contribution in [-0.2, 0) is 6.42 Å². The molecule has 3 heteroatoms. The van der Waals surface area contributed by atoms with Crippen molar-refractivity contribution in [2.75, 3.05) is 20.3 Å².